The molecule has 28 heavy (non-hydrogen) atoms. The molecule has 150 valence electrons. The lowest BCUT2D eigenvalue weighted by Gasteiger charge is -2.21. The second-order valence-corrected chi connectivity index (χ2v) is 8.40. The maximum Gasteiger partial charge on any atom is 0.324 e. The zero-order chi connectivity index (χ0) is 20.5. The van der Waals surface area contributed by atoms with Crippen molar-refractivity contribution in [3.8, 4) is 10.6 Å². The number of hydrogen-bond acceptors (Lipinski definition) is 6. The van der Waals surface area contributed by atoms with Crippen LogP contribution in [-0.2, 0) is 10.2 Å². The van der Waals surface area contributed by atoms with Crippen LogP contribution in [0, 0.1) is 6.92 Å². The Kier molecular flexibility index (Phi) is 5.59. The summed E-state index contributed by atoms with van der Waals surface area (Å²) in [6.45, 7) is 5.19. The van der Waals surface area contributed by atoms with E-state index in [0.717, 1.165) is 11.3 Å². The second kappa shape index (κ2) is 7.78. The number of carbonyl (C=O) groups is 2. The first-order valence-electron chi connectivity index (χ1n) is 8.97. The molecule has 1 saturated heterocycles. The molecule has 2 aromatic heterocycles. The zero-order valence-electron chi connectivity index (χ0n) is 16.0. The summed E-state index contributed by atoms with van der Waals surface area (Å²) in [5.74, 6) is -0.0973. The Morgan fingerprint density at radius 3 is 2.86 bits per heavy atom. The van der Waals surface area contributed by atoms with Crippen molar-refractivity contribution in [3.05, 3.63) is 23.8 Å². The molecule has 0 aromatic carbocycles. The van der Waals surface area contributed by atoms with E-state index < -0.39 is 30.1 Å². The minimum absolute atomic E-state index is 0.400. The Balaban J connectivity index is 1.81. The quantitative estimate of drug-likeness (QED) is 0.792. The monoisotopic (exact) mass is 406 g/mol. The number of thiazole rings is 1. The predicted molar refractivity (Wildman–Crippen MR) is 105 cm³/mol. The van der Waals surface area contributed by atoms with Crippen LogP contribution in [0.3, 0.4) is 0 Å². The number of rotatable bonds is 5. The molecule has 3 N–H and O–H groups in total. The first-order chi connectivity index (χ1) is 13.2. The molecule has 0 radical (unpaired) electrons. The van der Waals surface area contributed by atoms with Crippen LogP contribution in [-0.4, -0.2) is 51.1 Å². The normalized spacial score (nSPS) is 17.0. The van der Waals surface area contributed by atoms with Crippen molar-refractivity contribution in [2.24, 2.45) is 5.73 Å². The van der Waals surface area contributed by atoms with Gasteiger partial charge in [-0.15, -0.1) is 0 Å². The van der Waals surface area contributed by atoms with E-state index in [1.165, 1.54) is 16.2 Å². The number of carbonyl (C=O) groups excluding carboxylic acids is 2. The third kappa shape index (κ3) is 3.96. The van der Waals surface area contributed by atoms with Gasteiger partial charge in [-0.1, -0.05) is 25.2 Å². The molecule has 1 aliphatic rings. The van der Waals surface area contributed by atoms with E-state index in [-0.39, 0.29) is 0 Å². The second-order valence-electron chi connectivity index (χ2n) is 7.40. The van der Waals surface area contributed by atoms with E-state index >= 15 is 0 Å². The number of hydrogen-bond donors (Lipinski definition) is 2. The van der Waals surface area contributed by atoms with Gasteiger partial charge in [0.05, 0.1) is 21.7 Å². The van der Waals surface area contributed by atoms with Crippen LogP contribution >= 0.6 is 11.3 Å². The number of primary amides is 1. The van der Waals surface area contributed by atoms with Crippen LogP contribution in [0.25, 0.3) is 10.6 Å². The molecular formula is C18H23FN6O2S. The summed E-state index contributed by atoms with van der Waals surface area (Å²) in [4.78, 5) is 39.3. The number of likely N-dealkylation sites (tertiary alicyclic amines) is 1. The number of nitrogens with two attached hydrogens (primary N) is 1. The first-order valence-corrected chi connectivity index (χ1v) is 9.79. The fraction of sp³-hybridized carbons (Fsp3) is 0.500. The van der Waals surface area contributed by atoms with Crippen molar-refractivity contribution in [2.45, 2.75) is 45.1 Å². The summed E-state index contributed by atoms with van der Waals surface area (Å²) in [5.41, 5.74) is 5.90. The van der Waals surface area contributed by atoms with Crippen LogP contribution < -0.4 is 11.1 Å². The number of urea groups is 1. The summed E-state index contributed by atoms with van der Waals surface area (Å²) in [5, 5.41) is 3.14. The van der Waals surface area contributed by atoms with E-state index in [1.807, 2.05) is 6.92 Å². The van der Waals surface area contributed by atoms with E-state index in [0.29, 0.717) is 35.3 Å². The van der Waals surface area contributed by atoms with Gasteiger partial charge in [0.1, 0.15) is 18.5 Å². The fourth-order valence-electron chi connectivity index (χ4n) is 3.03. The third-order valence-corrected chi connectivity index (χ3v) is 5.78. The molecule has 1 atom stereocenters. The average Bonchev–Trinajstić information content (AvgIpc) is 3.28. The lowest BCUT2D eigenvalue weighted by atomic mass is 9.94. The minimum Gasteiger partial charge on any atom is -0.368 e. The van der Waals surface area contributed by atoms with Crippen LogP contribution in [0.5, 0.6) is 0 Å². The fourth-order valence-corrected chi connectivity index (χ4v) is 3.95. The zero-order valence-corrected chi connectivity index (χ0v) is 16.8. The Morgan fingerprint density at radius 2 is 2.18 bits per heavy atom. The van der Waals surface area contributed by atoms with Gasteiger partial charge in [0.2, 0.25) is 5.91 Å². The van der Waals surface area contributed by atoms with Crippen LogP contribution in [0.4, 0.5) is 14.3 Å². The largest absolute Gasteiger partial charge is 0.368 e. The maximum absolute atomic E-state index is 13.3. The molecule has 3 amide bonds. The van der Waals surface area contributed by atoms with Crippen LogP contribution in [0.1, 0.15) is 38.2 Å². The van der Waals surface area contributed by atoms with Gasteiger partial charge >= 0.3 is 6.03 Å². The smallest absolute Gasteiger partial charge is 0.324 e. The van der Waals surface area contributed by atoms with Crippen molar-refractivity contribution >= 4 is 28.4 Å². The highest BCUT2D eigenvalue weighted by Gasteiger charge is 2.33. The highest BCUT2D eigenvalue weighted by Crippen LogP contribution is 2.33. The number of amides is 3. The lowest BCUT2D eigenvalue weighted by molar-refractivity contribution is -0.121. The summed E-state index contributed by atoms with van der Waals surface area (Å²) >= 11 is 1.27. The van der Waals surface area contributed by atoms with Gasteiger partial charge in [0, 0.05) is 12.7 Å². The molecule has 1 fully saturated rings. The molecule has 0 bridgehead atoms. The molecule has 0 spiro atoms. The predicted octanol–water partition coefficient (Wildman–Crippen LogP) is 2.64. The van der Waals surface area contributed by atoms with E-state index in [9.17, 15) is 14.0 Å². The molecule has 2 aromatic rings. The maximum atomic E-state index is 13.3. The Bertz CT molecular complexity index is 900. The summed E-state index contributed by atoms with van der Waals surface area (Å²) in [6.07, 6.45) is 2.89. The number of nitrogens with one attached hydrogen (secondary N) is 1. The lowest BCUT2D eigenvalue weighted by Crippen LogP contribution is -2.45. The molecule has 10 heteroatoms. The number of nitrogens with zero attached hydrogens (tertiary/aromatic N) is 4. The summed E-state index contributed by atoms with van der Waals surface area (Å²) in [6, 6.07) is 0.740. The van der Waals surface area contributed by atoms with Crippen molar-refractivity contribution in [1.29, 1.82) is 0 Å². The number of anilines is 1. The number of alkyl halides is 1. The van der Waals surface area contributed by atoms with Gasteiger partial charge in [-0.3, -0.25) is 14.5 Å². The SMILES string of the molecule is Cc1nc(NC(=O)N2CCC[C@H]2C(N)=O)sc1-c1ccnc(C(C)(C)CF)n1. The summed E-state index contributed by atoms with van der Waals surface area (Å²) < 4.78 is 13.3. The highest BCUT2D eigenvalue weighted by atomic mass is 32.1. The average molecular weight is 406 g/mol. The van der Waals surface area contributed by atoms with Crippen LogP contribution in [0.15, 0.2) is 12.3 Å². The standard InChI is InChI=1S/C18H23FN6O2S/c1-10-13(11-6-7-21-15(23-11)18(2,3)9-19)28-16(22-10)24-17(27)25-8-4-5-12(25)14(20)26/h6-7,12H,4-5,8-9H2,1-3H3,(H2,20,26)(H,22,24,27)/t12-/m0/s1. The van der Waals surface area contributed by atoms with E-state index in [2.05, 4.69) is 20.3 Å². The van der Waals surface area contributed by atoms with Gasteiger partial charge in [-0.2, -0.15) is 0 Å². The van der Waals surface area contributed by atoms with Gasteiger partial charge < -0.3 is 10.6 Å². The number of aryl methyl sites for hydroxylation is 1. The molecule has 8 nitrogen and oxygen atoms in total. The highest BCUT2D eigenvalue weighted by molar-refractivity contribution is 7.19. The third-order valence-electron chi connectivity index (χ3n) is 4.68. The number of halogens is 1. The molecule has 0 unspecified atom stereocenters. The molecule has 3 rings (SSSR count). The van der Waals surface area contributed by atoms with Crippen molar-refractivity contribution in [2.75, 3.05) is 18.5 Å². The van der Waals surface area contributed by atoms with E-state index in [4.69, 9.17) is 5.73 Å². The summed E-state index contributed by atoms with van der Waals surface area (Å²) in [7, 11) is 0. The van der Waals surface area contributed by atoms with Crippen molar-refractivity contribution in [1.82, 2.24) is 19.9 Å². The van der Waals surface area contributed by atoms with Gasteiger partial charge in [0.15, 0.2) is 5.13 Å². The number of aromatic nitrogens is 3. The Hall–Kier alpha value is -2.62. The molecule has 1 aliphatic heterocycles. The first kappa shape index (κ1) is 20.1. The Labute approximate surface area is 166 Å². The Morgan fingerprint density at radius 1 is 1.43 bits per heavy atom. The van der Waals surface area contributed by atoms with Crippen molar-refractivity contribution in [3.63, 3.8) is 0 Å². The molecule has 0 saturated carbocycles. The molecule has 3 heterocycles. The van der Waals surface area contributed by atoms with E-state index in [1.54, 1.807) is 26.1 Å². The van der Waals surface area contributed by atoms with Crippen LogP contribution in [0.2, 0.25) is 0 Å². The van der Waals surface area contributed by atoms with Crippen molar-refractivity contribution < 1.29 is 14.0 Å². The topological polar surface area (TPSA) is 114 Å². The molecular weight excluding hydrogens is 383 g/mol. The van der Waals surface area contributed by atoms with Gasteiger partial charge in [-0.05, 0) is 25.8 Å². The minimum atomic E-state index is -0.787. The van der Waals surface area contributed by atoms with Gasteiger partial charge in [0.25, 0.3) is 0 Å². The van der Waals surface area contributed by atoms with Gasteiger partial charge in [-0.25, -0.2) is 19.7 Å². The molecule has 0 aliphatic carbocycles.